The molecule has 18 heteroatoms. The summed E-state index contributed by atoms with van der Waals surface area (Å²) >= 11 is 0. The second-order valence-corrected chi connectivity index (χ2v) is 10.5. The van der Waals surface area contributed by atoms with Crippen LogP contribution in [0, 0.1) is 0 Å². The Hall–Kier alpha value is -5.10. The van der Waals surface area contributed by atoms with Crippen LogP contribution in [0.4, 0.5) is 0 Å². The molecule has 0 aromatic heterocycles. The van der Waals surface area contributed by atoms with Crippen LogP contribution in [0.1, 0.15) is 45.1 Å². The van der Waals surface area contributed by atoms with Crippen molar-refractivity contribution < 1.29 is 48.6 Å². The van der Waals surface area contributed by atoms with Crippen molar-refractivity contribution in [2.24, 2.45) is 17.2 Å². The van der Waals surface area contributed by atoms with Crippen LogP contribution in [-0.4, -0.2) is 100 Å². The maximum Gasteiger partial charge on any atom is 0.326 e. The zero-order valence-electron chi connectivity index (χ0n) is 25.5. The van der Waals surface area contributed by atoms with Gasteiger partial charge in [0.1, 0.15) is 30.2 Å². The minimum absolute atomic E-state index is 0.0765. The molecule has 1 aromatic carbocycles. The smallest absolute Gasteiger partial charge is 0.326 e. The third kappa shape index (κ3) is 14.1. The Balaban J connectivity index is 2.96. The number of rotatable bonds is 20. The second kappa shape index (κ2) is 19.3. The minimum Gasteiger partial charge on any atom is -0.481 e. The summed E-state index contributed by atoms with van der Waals surface area (Å²) in [5.41, 5.74) is 16.8. The van der Waals surface area contributed by atoms with Crippen LogP contribution in [0.3, 0.4) is 0 Å². The Morgan fingerprint density at radius 1 is 0.696 bits per heavy atom. The van der Waals surface area contributed by atoms with Gasteiger partial charge in [-0.1, -0.05) is 30.3 Å². The lowest BCUT2D eigenvalue weighted by atomic mass is 10.0. The van der Waals surface area contributed by atoms with E-state index in [1.54, 1.807) is 30.3 Å². The molecule has 46 heavy (non-hydrogen) atoms. The first kappa shape index (κ1) is 38.9. The number of carbonyl (C=O) groups excluding carboxylic acids is 6. The molecule has 0 heterocycles. The fourth-order valence-electron chi connectivity index (χ4n) is 3.94. The molecule has 0 saturated carbocycles. The van der Waals surface area contributed by atoms with E-state index in [1.807, 2.05) is 0 Å². The molecule has 13 N–H and O–H groups in total. The lowest BCUT2D eigenvalue weighted by molar-refractivity contribution is -0.143. The van der Waals surface area contributed by atoms with Gasteiger partial charge in [0, 0.05) is 12.8 Å². The highest BCUT2D eigenvalue weighted by atomic mass is 16.4. The predicted molar refractivity (Wildman–Crippen MR) is 161 cm³/mol. The first-order chi connectivity index (χ1) is 21.5. The van der Waals surface area contributed by atoms with Crippen molar-refractivity contribution in [2.45, 2.75) is 82.2 Å². The lowest BCUT2D eigenvalue weighted by Crippen LogP contribution is -2.58. The number of carboxylic acids is 2. The molecule has 0 fully saturated rings. The summed E-state index contributed by atoms with van der Waals surface area (Å²) in [7, 11) is 0. The van der Waals surface area contributed by atoms with Gasteiger partial charge in [0.25, 0.3) is 0 Å². The van der Waals surface area contributed by atoms with Gasteiger partial charge >= 0.3 is 11.9 Å². The van der Waals surface area contributed by atoms with Crippen LogP contribution < -0.4 is 43.8 Å². The molecule has 1 aromatic rings. The van der Waals surface area contributed by atoms with Gasteiger partial charge in [0.15, 0.2) is 0 Å². The quantitative estimate of drug-likeness (QED) is 0.0649. The molecule has 1 rings (SSSR count). The number of primary amides is 1. The Bertz CT molecular complexity index is 1260. The van der Waals surface area contributed by atoms with Gasteiger partial charge in [-0.05, 0) is 38.8 Å². The summed E-state index contributed by atoms with van der Waals surface area (Å²) in [6.07, 6.45) is -1.44. The Morgan fingerprint density at radius 3 is 1.72 bits per heavy atom. The number of benzene rings is 1. The number of amides is 6. The van der Waals surface area contributed by atoms with Crippen LogP contribution >= 0.6 is 0 Å². The van der Waals surface area contributed by atoms with E-state index >= 15 is 0 Å². The summed E-state index contributed by atoms with van der Waals surface area (Å²) in [5.74, 6) is -7.94. The van der Waals surface area contributed by atoms with Gasteiger partial charge in [0.2, 0.25) is 35.4 Å². The van der Waals surface area contributed by atoms with E-state index < -0.39 is 96.5 Å². The Kier molecular flexibility index (Phi) is 16.3. The number of hydrogen-bond acceptors (Lipinski definition) is 10. The highest BCUT2D eigenvalue weighted by Gasteiger charge is 2.31. The fourth-order valence-corrected chi connectivity index (χ4v) is 3.94. The zero-order valence-corrected chi connectivity index (χ0v) is 25.5. The molecule has 0 unspecified atom stereocenters. The largest absolute Gasteiger partial charge is 0.481 e. The molecule has 0 aliphatic carbocycles. The topological polar surface area (TPSA) is 315 Å². The molecule has 0 spiro atoms. The first-order valence-corrected chi connectivity index (χ1v) is 14.3. The van der Waals surface area contributed by atoms with E-state index in [-0.39, 0.29) is 25.8 Å². The Morgan fingerprint density at radius 2 is 1.20 bits per heavy atom. The van der Waals surface area contributed by atoms with Gasteiger partial charge in [-0.3, -0.25) is 33.6 Å². The van der Waals surface area contributed by atoms with Gasteiger partial charge in [0.05, 0.1) is 12.5 Å². The summed E-state index contributed by atoms with van der Waals surface area (Å²) in [4.78, 5) is 97.8. The van der Waals surface area contributed by atoms with Crippen molar-refractivity contribution in [3.05, 3.63) is 35.9 Å². The molecule has 6 amide bonds. The van der Waals surface area contributed by atoms with Crippen molar-refractivity contribution in [2.75, 3.05) is 6.54 Å². The third-order valence-electron chi connectivity index (χ3n) is 6.53. The monoisotopic (exact) mass is 650 g/mol. The van der Waals surface area contributed by atoms with Gasteiger partial charge < -0.3 is 54.0 Å². The van der Waals surface area contributed by atoms with Crippen molar-refractivity contribution >= 4 is 47.4 Å². The number of carbonyl (C=O) groups is 8. The normalized spacial score (nSPS) is 14.6. The molecule has 18 nitrogen and oxygen atoms in total. The minimum atomic E-state index is -1.65. The number of aliphatic carboxylic acids is 2. The summed E-state index contributed by atoms with van der Waals surface area (Å²) < 4.78 is 0. The molecule has 0 aliphatic rings. The lowest BCUT2D eigenvalue weighted by Gasteiger charge is -2.25. The van der Waals surface area contributed by atoms with Crippen LogP contribution in [0.5, 0.6) is 0 Å². The summed E-state index contributed by atoms with van der Waals surface area (Å²) in [6.45, 7) is 2.67. The number of nitrogens with one attached hydrogen (secondary N) is 5. The second-order valence-electron chi connectivity index (χ2n) is 10.5. The Labute approximate surface area is 264 Å². The first-order valence-electron chi connectivity index (χ1n) is 14.3. The van der Waals surface area contributed by atoms with Gasteiger partial charge in [-0.15, -0.1) is 0 Å². The van der Waals surface area contributed by atoms with E-state index in [0.717, 1.165) is 0 Å². The zero-order chi connectivity index (χ0) is 35.0. The number of carboxylic acid groups (broad SMARTS) is 2. The van der Waals surface area contributed by atoms with Crippen molar-refractivity contribution in [1.82, 2.24) is 26.6 Å². The molecule has 254 valence electrons. The van der Waals surface area contributed by atoms with E-state index in [1.165, 1.54) is 13.8 Å². The molecule has 0 radical (unpaired) electrons. The van der Waals surface area contributed by atoms with Crippen molar-refractivity contribution in [1.29, 1.82) is 0 Å². The molecule has 6 atom stereocenters. The molecular weight excluding hydrogens is 608 g/mol. The molecule has 0 bridgehead atoms. The fraction of sp³-hybridized carbons (Fsp3) is 0.500. The van der Waals surface area contributed by atoms with Gasteiger partial charge in [-0.25, -0.2) is 4.79 Å². The molecule has 0 saturated heterocycles. The van der Waals surface area contributed by atoms with E-state index in [4.69, 9.17) is 22.3 Å². The maximum atomic E-state index is 13.0. The SMILES string of the molecule is C[C@H](NC(=O)[C@H](C)NC(=O)[C@H](CCC(=O)O)NC(=O)[C@@H](N)CCN)C(=O)N[C@@H](Cc1ccccc1)C(=O)N[C@@H](CC(N)=O)C(=O)O. The van der Waals surface area contributed by atoms with Crippen molar-refractivity contribution in [3.63, 3.8) is 0 Å². The van der Waals surface area contributed by atoms with Crippen LogP contribution in [0.15, 0.2) is 30.3 Å². The molecule has 0 aliphatic heterocycles. The van der Waals surface area contributed by atoms with Crippen LogP contribution in [0.2, 0.25) is 0 Å². The average Bonchev–Trinajstić information content (AvgIpc) is 2.98. The van der Waals surface area contributed by atoms with Crippen molar-refractivity contribution in [3.8, 4) is 0 Å². The summed E-state index contributed by atoms with van der Waals surface area (Å²) in [5, 5.41) is 30.1. The predicted octanol–water partition coefficient (Wildman–Crippen LogP) is -3.81. The van der Waals surface area contributed by atoms with E-state index in [2.05, 4.69) is 26.6 Å². The van der Waals surface area contributed by atoms with E-state index in [9.17, 15) is 43.5 Å². The number of nitrogens with two attached hydrogens (primary N) is 3. The standard InChI is InChI=1S/C28H42N8O10/c1-14(33-26(43)18(8-9-22(38)39)34-25(42)17(30)10-11-29)23(40)32-15(2)24(41)35-19(12-16-6-4-3-5-7-16)27(44)36-20(28(45)46)13-21(31)37/h3-7,14-15,17-20H,8-13,29-30H2,1-2H3,(H2,31,37)(H,32,40)(H,33,43)(H,34,42)(H,35,41)(H,36,44)(H,38,39)(H,45,46)/t14-,15-,17-,18-,19-,20-/m0/s1. The van der Waals surface area contributed by atoms with Gasteiger partial charge in [-0.2, -0.15) is 0 Å². The summed E-state index contributed by atoms with van der Waals surface area (Å²) in [6, 6.07) is 0.522. The van der Waals surface area contributed by atoms with E-state index in [0.29, 0.717) is 5.56 Å². The maximum absolute atomic E-state index is 13.0. The third-order valence-corrected chi connectivity index (χ3v) is 6.53. The van der Waals surface area contributed by atoms with Crippen LogP contribution in [0.25, 0.3) is 0 Å². The van der Waals surface area contributed by atoms with Crippen LogP contribution in [-0.2, 0) is 44.8 Å². The highest BCUT2D eigenvalue weighted by molar-refractivity contribution is 5.96. The highest BCUT2D eigenvalue weighted by Crippen LogP contribution is 2.06. The molecular formula is C28H42N8O10. The average molecular weight is 651 g/mol. The number of hydrogen-bond donors (Lipinski definition) is 10.